The van der Waals surface area contributed by atoms with Gasteiger partial charge < -0.3 is 18.5 Å². The molecule has 6 nitrogen and oxygen atoms in total. The van der Waals surface area contributed by atoms with E-state index in [4.69, 9.17) is 13.9 Å². The molecule has 2 unspecified atom stereocenters. The average molecular weight is 317 g/mol. The highest BCUT2D eigenvalue weighted by atomic mass is 16.5. The average Bonchev–Trinajstić information content (AvgIpc) is 3.25. The highest BCUT2D eigenvalue weighted by Gasteiger charge is 2.43. The first-order valence-electron chi connectivity index (χ1n) is 8.24. The van der Waals surface area contributed by atoms with Crippen molar-refractivity contribution in [1.82, 2.24) is 14.5 Å². The monoisotopic (exact) mass is 317 g/mol. The second-order valence-corrected chi connectivity index (χ2v) is 6.67. The molecule has 2 aromatic rings. The number of furan rings is 1. The lowest BCUT2D eigenvalue weighted by atomic mass is 9.94. The van der Waals surface area contributed by atoms with Gasteiger partial charge in [0.25, 0.3) is 0 Å². The minimum atomic E-state index is -0.186. The van der Waals surface area contributed by atoms with Gasteiger partial charge in [-0.15, -0.1) is 0 Å². The number of hydrogen-bond donors (Lipinski definition) is 0. The van der Waals surface area contributed by atoms with E-state index in [-0.39, 0.29) is 5.60 Å². The summed E-state index contributed by atoms with van der Waals surface area (Å²) in [6.45, 7) is 5.80. The molecule has 0 bridgehead atoms. The van der Waals surface area contributed by atoms with Crippen LogP contribution in [0.4, 0.5) is 0 Å². The number of nitrogens with zero attached hydrogens (tertiary/aromatic N) is 3. The topological polar surface area (TPSA) is 52.7 Å². The third-order valence-corrected chi connectivity index (χ3v) is 4.70. The van der Waals surface area contributed by atoms with Gasteiger partial charge in [0.2, 0.25) is 0 Å². The number of rotatable bonds is 4. The van der Waals surface area contributed by atoms with E-state index >= 15 is 0 Å². The van der Waals surface area contributed by atoms with E-state index in [9.17, 15) is 0 Å². The van der Waals surface area contributed by atoms with Crippen LogP contribution >= 0.6 is 0 Å². The van der Waals surface area contributed by atoms with Crippen LogP contribution in [0.15, 0.2) is 41.5 Å². The van der Waals surface area contributed by atoms with Gasteiger partial charge in [0.15, 0.2) is 0 Å². The number of hydrogen-bond acceptors (Lipinski definition) is 5. The molecule has 0 amide bonds. The first-order chi connectivity index (χ1) is 11.3. The predicted octanol–water partition coefficient (Wildman–Crippen LogP) is 1.78. The molecule has 124 valence electrons. The Kier molecular flexibility index (Phi) is 4.20. The third-order valence-electron chi connectivity index (χ3n) is 4.70. The Labute approximate surface area is 136 Å². The van der Waals surface area contributed by atoms with Gasteiger partial charge in [0, 0.05) is 37.9 Å². The Hall–Kier alpha value is -1.63. The Bertz CT molecular complexity index is 599. The molecule has 0 saturated carbocycles. The van der Waals surface area contributed by atoms with Gasteiger partial charge >= 0.3 is 0 Å². The van der Waals surface area contributed by atoms with E-state index in [0.29, 0.717) is 12.5 Å². The highest BCUT2D eigenvalue weighted by molar-refractivity contribution is 5.00. The molecular weight excluding hydrogens is 294 g/mol. The van der Waals surface area contributed by atoms with Crippen molar-refractivity contribution >= 4 is 0 Å². The fourth-order valence-electron chi connectivity index (χ4n) is 3.70. The van der Waals surface area contributed by atoms with Gasteiger partial charge in [-0.05, 0) is 18.6 Å². The molecule has 23 heavy (non-hydrogen) atoms. The zero-order valence-corrected chi connectivity index (χ0v) is 13.3. The van der Waals surface area contributed by atoms with Gasteiger partial charge in [-0.1, -0.05) is 0 Å². The number of ether oxygens (including phenoxy) is 2. The lowest BCUT2D eigenvalue weighted by Crippen LogP contribution is -2.43. The summed E-state index contributed by atoms with van der Waals surface area (Å²) < 4.78 is 19.7. The highest BCUT2D eigenvalue weighted by Crippen LogP contribution is 2.34. The van der Waals surface area contributed by atoms with Crippen molar-refractivity contribution < 1.29 is 13.9 Å². The zero-order valence-electron chi connectivity index (χ0n) is 13.3. The van der Waals surface area contributed by atoms with Crippen LogP contribution in [0, 0.1) is 5.92 Å². The Morgan fingerprint density at radius 2 is 2.39 bits per heavy atom. The molecule has 1 spiro atoms. The van der Waals surface area contributed by atoms with E-state index in [0.717, 1.165) is 51.6 Å². The molecule has 2 aliphatic rings. The summed E-state index contributed by atoms with van der Waals surface area (Å²) in [5, 5.41) is 0. The van der Waals surface area contributed by atoms with Crippen LogP contribution in [0.1, 0.15) is 12.2 Å². The molecule has 6 heteroatoms. The maximum atomic E-state index is 6.24. The molecule has 0 aliphatic carbocycles. The van der Waals surface area contributed by atoms with Crippen molar-refractivity contribution in [3.8, 4) is 0 Å². The molecule has 4 heterocycles. The van der Waals surface area contributed by atoms with Gasteiger partial charge in [-0.3, -0.25) is 4.90 Å². The lowest BCUT2D eigenvalue weighted by molar-refractivity contribution is -0.0566. The molecule has 2 aromatic heterocycles. The smallest absolute Gasteiger partial charge is 0.117 e. The van der Waals surface area contributed by atoms with Crippen molar-refractivity contribution in [2.24, 2.45) is 5.92 Å². The second-order valence-electron chi connectivity index (χ2n) is 6.67. The lowest BCUT2D eigenvalue weighted by Gasteiger charge is -2.30. The van der Waals surface area contributed by atoms with Crippen molar-refractivity contribution in [1.29, 1.82) is 0 Å². The van der Waals surface area contributed by atoms with Crippen LogP contribution in [-0.4, -0.2) is 53.0 Å². The van der Waals surface area contributed by atoms with E-state index in [1.54, 1.807) is 6.26 Å². The van der Waals surface area contributed by atoms with E-state index in [1.165, 1.54) is 0 Å². The maximum Gasteiger partial charge on any atom is 0.117 e. The summed E-state index contributed by atoms with van der Waals surface area (Å²) in [6, 6.07) is 3.96. The number of imidazole rings is 1. The van der Waals surface area contributed by atoms with Crippen LogP contribution < -0.4 is 0 Å². The molecule has 0 radical (unpaired) electrons. The largest absolute Gasteiger partial charge is 0.468 e. The Morgan fingerprint density at radius 3 is 3.22 bits per heavy atom. The SMILES string of the molecule is c1coc(CN2CCOCC3(CC(Cn4ccnc4)CO3)C2)c1. The van der Waals surface area contributed by atoms with Crippen molar-refractivity contribution in [2.45, 2.75) is 25.1 Å². The summed E-state index contributed by atoms with van der Waals surface area (Å²) in [5.74, 6) is 1.51. The van der Waals surface area contributed by atoms with Gasteiger partial charge in [0.1, 0.15) is 11.4 Å². The van der Waals surface area contributed by atoms with Gasteiger partial charge in [0.05, 0.1) is 39.0 Å². The Balaban J connectivity index is 1.40. The molecule has 0 aromatic carbocycles. The van der Waals surface area contributed by atoms with Crippen molar-refractivity contribution in [2.75, 3.05) is 32.9 Å². The summed E-state index contributed by atoms with van der Waals surface area (Å²) in [5.41, 5.74) is -0.186. The maximum absolute atomic E-state index is 6.24. The minimum absolute atomic E-state index is 0.186. The van der Waals surface area contributed by atoms with Crippen LogP contribution in [0.25, 0.3) is 0 Å². The Morgan fingerprint density at radius 1 is 1.39 bits per heavy atom. The van der Waals surface area contributed by atoms with E-state index in [2.05, 4.69) is 14.5 Å². The molecule has 2 fully saturated rings. The molecule has 2 saturated heterocycles. The fraction of sp³-hybridized carbons (Fsp3) is 0.588. The summed E-state index contributed by atoms with van der Waals surface area (Å²) in [7, 11) is 0. The van der Waals surface area contributed by atoms with Crippen molar-refractivity contribution in [3.05, 3.63) is 42.9 Å². The van der Waals surface area contributed by atoms with E-state index < -0.39 is 0 Å². The molecule has 2 atom stereocenters. The second kappa shape index (κ2) is 6.47. The normalized spacial score (nSPS) is 29.1. The van der Waals surface area contributed by atoms with Crippen LogP contribution in [-0.2, 0) is 22.6 Å². The van der Waals surface area contributed by atoms with Crippen LogP contribution in [0.3, 0.4) is 0 Å². The van der Waals surface area contributed by atoms with Gasteiger partial charge in [-0.2, -0.15) is 0 Å². The summed E-state index contributed by atoms with van der Waals surface area (Å²) in [4.78, 5) is 6.50. The quantitative estimate of drug-likeness (QED) is 0.860. The first kappa shape index (κ1) is 14.9. The molecule has 0 N–H and O–H groups in total. The first-order valence-corrected chi connectivity index (χ1v) is 8.24. The zero-order chi connectivity index (χ0) is 15.5. The molecule has 4 rings (SSSR count). The molecule has 2 aliphatic heterocycles. The molecular formula is C17H23N3O3. The fourth-order valence-corrected chi connectivity index (χ4v) is 3.70. The standard InChI is InChI=1S/C17H23N3O3/c1-2-16(22-6-1)10-19-5-7-21-13-17(12-19)8-15(11-23-17)9-20-4-3-18-14-20/h1-4,6,14-15H,5,7-13H2. The summed E-state index contributed by atoms with van der Waals surface area (Å²) >= 11 is 0. The predicted molar refractivity (Wildman–Crippen MR) is 83.8 cm³/mol. The van der Waals surface area contributed by atoms with Crippen molar-refractivity contribution in [3.63, 3.8) is 0 Å². The third kappa shape index (κ3) is 3.49. The van der Waals surface area contributed by atoms with E-state index in [1.807, 2.05) is 30.9 Å². The minimum Gasteiger partial charge on any atom is -0.468 e. The van der Waals surface area contributed by atoms with Crippen LogP contribution in [0.2, 0.25) is 0 Å². The summed E-state index contributed by atoms with van der Waals surface area (Å²) in [6.07, 6.45) is 8.47. The number of aromatic nitrogens is 2. The van der Waals surface area contributed by atoms with Gasteiger partial charge in [-0.25, -0.2) is 4.98 Å². The van der Waals surface area contributed by atoms with Crippen LogP contribution in [0.5, 0.6) is 0 Å².